The van der Waals surface area contributed by atoms with Crippen LogP contribution in [0, 0.1) is 0 Å². The van der Waals surface area contributed by atoms with E-state index in [2.05, 4.69) is 59.3 Å². The summed E-state index contributed by atoms with van der Waals surface area (Å²) in [6, 6.07) is 20.7. The molecule has 0 fully saturated rings. The van der Waals surface area contributed by atoms with E-state index in [4.69, 9.17) is 4.74 Å². The van der Waals surface area contributed by atoms with Crippen molar-refractivity contribution in [3.05, 3.63) is 71.8 Å². The van der Waals surface area contributed by atoms with Crippen LogP contribution in [0.2, 0.25) is 0 Å². The average molecular weight is 413 g/mol. The Hall–Kier alpha value is -3.27. The highest BCUT2D eigenvalue weighted by Gasteiger charge is 2.20. The van der Waals surface area contributed by atoms with Gasteiger partial charge < -0.3 is 14.6 Å². The molecule has 158 valence electrons. The number of fused-ring (bicyclic) bond motifs is 4. The Morgan fingerprint density at radius 1 is 1.00 bits per heavy atom. The smallest absolute Gasteiger partial charge is 0.265 e. The molecule has 3 aromatic carbocycles. The summed E-state index contributed by atoms with van der Waals surface area (Å²) >= 11 is 0. The molecule has 4 nitrogen and oxygen atoms in total. The van der Waals surface area contributed by atoms with Gasteiger partial charge >= 0.3 is 0 Å². The second kappa shape index (κ2) is 8.10. The summed E-state index contributed by atoms with van der Waals surface area (Å²) in [6.07, 6.45) is 3.96. The van der Waals surface area contributed by atoms with Crippen molar-refractivity contribution in [2.24, 2.45) is 0 Å². The van der Waals surface area contributed by atoms with Gasteiger partial charge in [0.1, 0.15) is 5.75 Å². The van der Waals surface area contributed by atoms with Crippen LogP contribution in [0.3, 0.4) is 0 Å². The van der Waals surface area contributed by atoms with Crippen molar-refractivity contribution in [1.82, 2.24) is 4.57 Å². The zero-order valence-corrected chi connectivity index (χ0v) is 18.2. The molecule has 0 aliphatic heterocycles. The molecule has 0 saturated carbocycles. The second-order valence-electron chi connectivity index (χ2n) is 8.34. The number of hydrogen-bond donors (Lipinski definition) is 1. The van der Waals surface area contributed by atoms with E-state index in [1.165, 1.54) is 40.4 Å². The fourth-order valence-corrected chi connectivity index (χ4v) is 4.82. The van der Waals surface area contributed by atoms with Gasteiger partial charge in [0.2, 0.25) is 0 Å². The van der Waals surface area contributed by atoms with Gasteiger partial charge in [-0.15, -0.1) is 0 Å². The molecule has 1 aliphatic carbocycles. The van der Waals surface area contributed by atoms with Gasteiger partial charge in [-0.25, -0.2) is 0 Å². The van der Waals surface area contributed by atoms with E-state index in [0.717, 1.165) is 36.2 Å². The molecule has 1 amide bonds. The van der Waals surface area contributed by atoms with E-state index in [1.807, 2.05) is 25.1 Å². The van der Waals surface area contributed by atoms with Crippen molar-refractivity contribution in [3.8, 4) is 5.75 Å². The van der Waals surface area contributed by atoms with E-state index >= 15 is 0 Å². The molecule has 0 bridgehead atoms. The molecule has 1 aromatic heterocycles. The number of nitrogens with one attached hydrogen (secondary N) is 1. The number of amides is 1. The van der Waals surface area contributed by atoms with Crippen LogP contribution in [0.5, 0.6) is 5.75 Å². The lowest BCUT2D eigenvalue weighted by molar-refractivity contribution is -0.122. The number of para-hydroxylation sites is 1. The van der Waals surface area contributed by atoms with Gasteiger partial charge in [-0.1, -0.05) is 30.3 Å². The first-order valence-corrected chi connectivity index (χ1v) is 11.2. The molecule has 4 aromatic rings. The minimum Gasteiger partial charge on any atom is -0.481 e. The molecule has 0 radical (unpaired) electrons. The number of anilines is 1. The Balaban J connectivity index is 1.38. The zero-order valence-electron chi connectivity index (χ0n) is 18.2. The van der Waals surface area contributed by atoms with E-state index in [0.29, 0.717) is 0 Å². The Morgan fingerprint density at radius 3 is 2.68 bits per heavy atom. The van der Waals surface area contributed by atoms with Gasteiger partial charge in [0.15, 0.2) is 6.10 Å². The van der Waals surface area contributed by atoms with Crippen molar-refractivity contribution in [3.63, 3.8) is 0 Å². The van der Waals surface area contributed by atoms with Crippen molar-refractivity contribution in [2.45, 2.75) is 52.2 Å². The molecule has 0 spiro atoms. The minimum absolute atomic E-state index is 0.132. The number of ether oxygens (including phenoxy) is 1. The molecular formula is C27H28N2O2. The molecule has 4 heteroatoms. The summed E-state index contributed by atoms with van der Waals surface area (Å²) < 4.78 is 8.42. The SMILES string of the molecule is CCn1c2ccccc2c2cc(NC(=O)[C@H](C)Oc3cccc4c3CCCC4)ccc21. The van der Waals surface area contributed by atoms with Crippen LogP contribution in [0.1, 0.15) is 37.8 Å². The molecule has 31 heavy (non-hydrogen) atoms. The normalized spacial score (nSPS) is 14.4. The first kappa shape index (κ1) is 19.7. The fraction of sp³-hybridized carbons (Fsp3) is 0.296. The van der Waals surface area contributed by atoms with E-state index < -0.39 is 6.10 Å². The maximum Gasteiger partial charge on any atom is 0.265 e. The lowest BCUT2D eigenvalue weighted by atomic mass is 9.91. The molecule has 1 heterocycles. The molecule has 1 atom stereocenters. The number of rotatable bonds is 5. The number of aryl methyl sites for hydroxylation is 2. The lowest BCUT2D eigenvalue weighted by Crippen LogP contribution is -2.30. The van der Waals surface area contributed by atoms with Crippen molar-refractivity contribution in [1.29, 1.82) is 0 Å². The van der Waals surface area contributed by atoms with Crippen molar-refractivity contribution < 1.29 is 9.53 Å². The predicted molar refractivity (Wildman–Crippen MR) is 127 cm³/mol. The van der Waals surface area contributed by atoms with Crippen LogP contribution in [0.4, 0.5) is 5.69 Å². The monoisotopic (exact) mass is 412 g/mol. The summed E-state index contributed by atoms with van der Waals surface area (Å²) in [6.45, 7) is 4.88. The summed E-state index contributed by atoms with van der Waals surface area (Å²) in [5, 5.41) is 5.41. The molecule has 1 aliphatic rings. The van der Waals surface area contributed by atoms with Crippen LogP contribution >= 0.6 is 0 Å². The third kappa shape index (κ3) is 3.56. The van der Waals surface area contributed by atoms with Crippen LogP contribution in [0.15, 0.2) is 60.7 Å². The molecule has 1 N–H and O–H groups in total. The van der Waals surface area contributed by atoms with Gasteiger partial charge in [-0.3, -0.25) is 4.79 Å². The predicted octanol–water partition coefficient (Wildman–Crippen LogP) is 6.10. The number of carbonyl (C=O) groups is 1. The highest BCUT2D eigenvalue weighted by atomic mass is 16.5. The zero-order chi connectivity index (χ0) is 21.4. The van der Waals surface area contributed by atoms with Crippen molar-refractivity contribution in [2.75, 3.05) is 5.32 Å². The van der Waals surface area contributed by atoms with E-state index in [9.17, 15) is 4.79 Å². The average Bonchev–Trinajstić information content (AvgIpc) is 3.12. The standard InChI is InChI=1S/C27H28N2O2/c1-3-29-24-13-7-6-12-22(24)23-17-20(15-16-25(23)29)28-27(30)18(2)31-26-14-8-10-19-9-4-5-11-21(19)26/h6-8,10,12-18H,3-5,9,11H2,1-2H3,(H,28,30)/t18-/m0/s1. The lowest BCUT2D eigenvalue weighted by Gasteiger charge is -2.22. The highest BCUT2D eigenvalue weighted by molar-refractivity contribution is 6.10. The molecular weight excluding hydrogens is 384 g/mol. The number of hydrogen-bond acceptors (Lipinski definition) is 2. The second-order valence-corrected chi connectivity index (χ2v) is 8.34. The quantitative estimate of drug-likeness (QED) is 0.430. The summed E-state index contributed by atoms with van der Waals surface area (Å²) in [5.41, 5.74) is 5.81. The molecule has 0 saturated heterocycles. The van der Waals surface area contributed by atoms with Gasteiger partial charge in [0.05, 0.1) is 0 Å². The van der Waals surface area contributed by atoms with E-state index in [-0.39, 0.29) is 5.91 Å². The fourth-order valence-electron chi connectivity index (χ4n) is 4.82. The Bertz CT molecular complexity index is 1270. The largest absolute Gasteiger partial charge is 0.481 e. The van der Waals surface area contributed by atoms with Gasteiger partial charge in [-0.2, -0.15) is 0 Å². The van der Waals surface area contributed by atoms with Crippen LogP contribution in [0.25, 0.3) is 21.8 Å². The van der Waals surface area contributed by atoms with E-state index in [1.54, 1.807) is 0 Å². The third-order valence-corrected chi connectivity index (χ3v) is 6.38. The van der Waals surface area contributed by atoms with Gasteiger partial charge in [-0.05, 0) is 81.0 Å². The third-order valence-electron chi connectivity index (χ3n) is 6.38. The van der Waals surface area contributed by atoms with Crippen LogP contribution < -0.4 is 10.1 Å². The maximum absolute atomic E-state index is 12.9. The number of aromatic nitrogens is 1. The maximum atomic E-state index is 12.9. The topological polar surface area (TPSA) is 43.3 Å². The molecule has 0 unspecified atom stereocenters. The first-order chi connectivity index (χ1) is 15.2. The molecule has 5 rings (SSSR count). The summed E-state index contributed by atoms with van der Waals surface area (Å²) in [4.78, 5) is 12.9. The van der Waals surface area contributed by atoms with Crippen molar-refractivity contribution >= 4 is 33.4 Å². The highest BCUT2D eigenvalue weighted by Crippen LogP contribution is 2.32. The summed E-state index contributed by atoms with van der Waals surface area (Å²) in [5.74, 6) is 0.716. The first-order valence-electron chi connectivity index (χ1n) is 11.2. The Labute approximate surface area is 182 Å². The minimum atomic E-state index is -0.568. The Morgan fingerprint density at radius 2 is 1.81 bits per heavy atom. The number of nitrogens with zero attached hydrogens (tertiary/aromatic N) is 1. The Kier molecular flexibility index (Phi) is 5.14. The number of carbonyl (C=O) groups excluding carboxylic acids is 1. The van der Waals surface area contributed by atoms with Gasteiger partial charge in [0, 0.05) is 34.0 Å². The van der Waals surface area contributed by atoms with Crippen LogP contribution in [-0.4, -0.2) is 16.6 Å². The number of benzene rings is 3. The van der Waals surface area contributed by atoms with Gasteiger partial charge in [0.25, 0.3) is 5.91 Å². The van der Waals surface area contributed by atoms with Crippen LogP contribution in [-0.2, 0) is 24.2 Å². The summed E-state index contributed by atoms with van der Waals surface area (Å²) in [7, 11) is 0.